The third-order valence-electron chi connectivity index (χ3n) is 6.10. The van der Waals surface area contributed by atoms with E-state index in [-0.39, 0.29) is 46.3 Å². The summed E-state index contributed by atoms with van der Waals surface area (Å²) >= 11 is 0. The van der Waals surface area contributed by atoms with Crippen LogP contribution in [-0.4, -0.2) is 53.5 Å². The number of amides is 2. The highest BCUT2D eigenvalue weighted by molar-refractivity contribution is 7.89. The van der Waals surface area contributed by atoms with Crippen LogP contribution in [0.25, 0.3) is 5.69 Å². The summed E-state index contributed by atoms with van der Waals surface area (Å²) in [5.74, 6) is 0. The number of carbonyl (C=O) groups excluding carboxylic acids is 2. The maximum absolute atomic E-state index is 13.5. The van der Waals surface area contributed by atoms with Crippen molar-refractivity contribution in [1.82, 2.24) is 19.2 Å². The molecule has 0 atom stereocenters. The number of anilines is 1. The first-order valence-electron chi connectivity index (χ1n) is 13.5. The molecule has 1 aromatic heterocycles. The van der Waals surface area contributed by atoms with Crippen LogP contribution in [0.5, 0.6) is 0 Å². The van der Waals surface area contributed by atoms with E-state index < -0.39 is 27.7 Å². The molecule has 1 saturated carbocycles. The summed E-state index contributed by atoms with van der Waals surface area (Å²) in [6.45, 7) is 12.1. The van der Waals surface area contributed by atoms with Crippen molar-refractivity contribution >= 4 is 27.9 Å². The first kappa shape index (κ1) is 31.2. The second-order valence-electron chi connectivity index (χ2n) is 11.6. The molecule has 3 N–H and O–H groups in total. The lowest BCUT2D eigenvalue weighted by Crippen LogP contribution is -2.41. The van der Waals surface area contributed by atoms with Crippen LogP contribution >= 0.6 is 0 Å². The van der Waals surface area contributed by atoms with Gasteiger partial charge in [0.2, 0.25) is 10.0 Å². The lowest BCUT2D eigenvalue weighted by molar-refractivity contribution is 0.108. The molecule has 0 radical (unpaired) electrons. The minimum atomic E-state index is -4.10. The smallest absolute Gasteiger partial charge is 0.411 e. The van der Waals surface area contributed by atoms with Gasteiger partial charge in [0, 0.05) is 35.7 Å². The number of carbonyl (C=O) groups is 2. The second kappa shape index (κ2) is 12.5. The Kier molecular flexibility index (Phi) is 9.72. The van der Waals surface area contributed by atoms with E-state index in [0.29, 0.717) is 25.7 Å². The van der Waals surface area contributed by atoms with E-state index in [1.165, 1.54) is 29.0 Å². The third-order valence-corrected chi connectivity index (χ3v) is 7.88. The fourth-order valence-electron chi connectivity index (χ4n) is 4.59. The Hall–Kier alpha value is -3.32. The van der Waals surface area contributed by atoms with Crippen molar-refractivity contribution in [3.05, 3.63) is 41.1 Å². The fourth-order valence-corrected chi connectivity index (χ4v) is 6.23. The molecule has 1 aliphatic carbocycles. The molecule has 0 aliphatic heterocycles. The van der Waals surface area contributed by atoms with Gasteiger partial charge in [-0.15, -0.1) is 0 Å². The van der Waals surface area contributed by atoms with Crippen LogP contribution in [0.2, 0.25) is 0 Å². The number of sulfonamides is 1. The molecule has 2 aromatic rings. The Balaban J connectivity index is 1.89. The zero-order valence-corrected chi connectivity index (χ0v) is 25.0. The van der Waals surface area contributed by atoms with Crippen LogP contribution in [0.15, 0.2) is 40.3 Å². The second-order valence-corrected chi connectivity index (χ2v) is 13.2. The standard InChI is InChI=1S/C27H41N5O7S/c1-17(2)38-24(33)28-19-8-11-21(12-9-19)31-14-15-32(26(31)35)22-13-10-20(29-25(34)39-18(3)4)16-23(22)40(36,37)30-27(5,6)7/h10,13-19,21,30H,8-9,11-12H2,1-7H3,(H,28,33)(H,29,34). The number of ether oxygens (including phenoxy) is 2. The van der Waals surface area contributed by atoms with E-state index in [2.05, 4.69) is 15.4 Å². The molecule has 12 nitrogen and oxygen atoms in total. The molecule has 3 rings (SSSR count). The van der Waals surface area contributed by atoms with Gasteiger partial charge in [0.05, 0.1) is 17.9 Å². The van der Waals surface area contributed by atoms with Crippen LogP contribution in [0.1, 0.15) is 80.2 Å². The lowest BCUT2D eigenvalue weighted by atomic mass is 9.91. The predicted octanol–water partition coefficient (Wildman–Crippen LogP) is 4.29. The minimum absolute atomic E-state index is 0.0389. The average molecular weight is 580 g/mol. The highest BCUT2D eigenvalue weighted by Gasteiger charge is 2.29. The zero-order chi connectivity index (χ0) is 29.8. The summed E-state index contributed by atoms with van der Waals surface area (Å²) in [6, 6.07) is 4.16. The molecule has 0 unspecified atom stereocenters. The van der Waals surface area contributed by atoms with E-state index in [1.54, 1.807) is 59.2 Å². The first-order valence-corrected chi connectivity index (χ1v) is 15.0. The van der Waals surface area contributed by atoms with Crippen LogP contribution in [0.3, 0.4) is 0 Å². The highest BCUT2D eigenvalue weighted by atomic mass is 32.2. The van der Waals surface area contributed by atoms with Gasteiger partial charge in [0.1, 0.15) is 4.90 Å². The number of alkyl carbamates (subject to hydrolysis) is 1. The number of aromatic nitrogens is 2. The largest absolute Gasteiger partial charge is 0.447 e. The summed E-state index contributed by atoms with van der Waals surface area (Å²) in [5, 5.41) is 5.42. The number of rotatable bonds is 8. The normalized spacial score (nSPS) is 18.0. The minimum Gasteiger partial charge on any atom is -0.447 e. The van der Waals surface area contributed by atoms with Gasteiger partial charge in [-0.2, -0.15) is 0 Å². The molecule has 1 aliphatic rings. The van der Waals surface area contributed by atoms with Crippen molar-refractivity contribution in [2.45, 2.75) is 109 Å². The van der Waals surface area contributed by atoms with Crippen molar-refractivity contribution in [3.63, 3.8) is 0 Å². The molecule has 40 heavy (non-hydrogen) atoms. The van der Waals surface area contributed by atoms with Crippen molar-refractivity contribution in [1.29, 1.82) is 0 Å². The molecule has 1 heterocycles. The molecule has 1 aromatic carbocycles. The number of imidazole rings is 1. The van der Waals surface area contributed by atoms with Crippen molar-refractivity contribution < 1.29 is 27.5 Å². The van der Waals surface area contributed by atoms with E-state index in [9.17, 15) is 22.8 Å². The van der Waals surface area contributed by atoms with E-state index >= 15 is 0 Å². The van der Waals surface area contributed by atoms with Crippen molar-refractivity contribution in [2.24, 2.45) is 0 Å². The number of benzene rings is 1. The van der Waals surface area contributed by atoms with Crippen LogP contribution in [0, 0.1) is 0 Å². The highest BCUT2D eigenvalue weighted by Crippen LogP contribution is 2.29. The SMILES string of the molecule is CC(C)OC(=O)Nc1ccc(-n2ccn(C3CCC(NC(=O)OC(C)C)CC3)c2=O)c(S(=O)(=O)NC(C)(C)C)c1. The number of nitrogens with zero attached hydrogens (tertiary/aromatic N) is 2. The Labute approximate surface area is 235 Å². The number of hydrogen-bond acceptors (Lipinski definition) is 7. The molecule has 13 heteroatoms. The summed E-state index contributed by atoms with van der Waals surface area (Å²) in [5.41, 5.74) is -0.822. The quantitative estimate of drug-likeness (QED) is 0.422. The maximum atomic E-state index is 13.5. The summed E-state index contributed by atoms with van der Waals surface area (Å²) in [7, 11) is -4.10. The van der Waals surface area contributed by atoms with Crippen LogP contribution in [-0.2, 0) is 19.5 Å². The Morgan fingerprint density at radius 1 is 0.950 bits per heavy atom. The zero-order valence-electron chi connectivity index (χ0n) is 24.2. The van der Waals surface area contributed by atoms with Gasteiger partial charge in [0.15, 0.2) is 0 Å². The maximum Gasteiger partial charge on any atom is 0.411 e. The van der Waals surface area contributed by atoms with Gasteiger partial charge in [-0.1, -0.05) is 0 Å². The Morgan fingerprint density at radius 3 is 2.12 bits per heavy atom. The monoisotopic (exact) mass is 579 g/mol. The molecule has 0 spiro atoms. The molecular formula is C27H41N5O7S. The van der Waals surface area contributed by atoms with Gasteiger partial charge in [-0.05, 0) is 92.3 Å². The van der Waals surface area contributed by atoms with Gasteiger partial charge in [-0.25, -0.2) is 27.5 Å². The van der Waals surface area contributed by atoms with E-state index in [1.807, 2.05) is 0 Å². The van der Waals surface area contributed by atoms with Crippen LogP contribution in [0.4, 0.5) is 15.3 Å². The predicted molar refractivity (Wildman–Crippen MR) is 151 cm³/mol. The topological polar surface area (TPSA) is 150 Å². The summed E-state index contributed by atoms with van der Waals surface area (Å²) < 4.78 is 42.7. The van der Waals surface area contributed by atoms with Crippen molar-refractivity contribution in [3.8, 4) is 5.69 Å². The van der Waals surface area contributed by atoms with Gasteiger partial charge < -0.3 is 14.8 Å². The fraction of sp³-hybridized carbons (Fsp3) is 0.593. The molecule has 1 fully saturated rings. The third kappa shape index (κ3) is 8.34. The van der Waals surface area contributed by atoms with Crippen LogP contribution < -0.4 is 21.0 Å². The van der Waals surface area contributed by atoms with E-state index in [4.69, 9.17) is 9.47 Å². The van der Waals surface area contributed by atoms with Crippen molar-refractivity contribution in [2.75, 3.05) is 5.32 Å². The average Bonchev–Trinajstić information content (AvgIpc) is 3.18. The summed E-state index contributed by atoms with van der Waals surface area (Å²) in [6.07, 6.45) is 4.13. The molecular weight excluding hydrogens is 538 g/mol. The Bertz CT molecular complexity index is 1360. The Morgan fingerprint density at radius 2 is 1.55 bits per heavy atom. The molecule has 0 saturated heterocycles. The number of nitrogens with one attached hydrogen (secondary N) is 3. The lowest BCUT2D eigenvalue weighted by Gasteiger charge is -2.29. The molecule has 0 bridgehead atoms. The van der Waals surface area contributed by atoms with E-state index in [0.717, 1.165) is 0 Å². The van der Waals surface area contributed by atoms with Gasteiger partial charge in [0.25, 0.3) is 0 Å². The van der Waals surface area contributed by atoms with Gasteiger partial charge >= 0.3 is 17.9 Å². The first-order chi connectivity index (χ1) is 18.6. The summed E-state index contributed by atoms with van der Waals surface area (Å²) in [4.78, 5) is 37.4. The van der Waals surface area contributed by atoms with Gasteiger partial charge in [-0.3, -0.25) is 14.5 Å². The molecule has 2 amide bonds. The number of hydrogen-bond donors (Lipinski definition) is 3. The molecule has 222 valence electrons.